The fourth-order valence-corrected chi connectivity index (χ4v) is 4.40. The van der Waals surface area contributed by atoms with E-state index in [-0.39, 0.29) is 11.7 Å². The number of rotatable bonds is 3. The molecule has 144 valence electrons. The number of aromatic nitrogens is 3. The molecule has 0 unspecified atom stereocenters. The predicted molar refractivity (Wildman–Crippen MR) is 105 cm³/mol. The normalized spacial score (nSPS) is 22.9. The lowest BCUT2D eigenvalue weighted by molar-refractivity contribution is -0.0114. The predicted octanol–water partition coefficient (Wildman–Crippen LogP) is 2.81. The van der Waals surface area contributed by atoms with Crippen LogP contribution in [0, 0.1) is 0 Å². The molecule has 7 heteroatoms. The summed E-state index contributed by atoms with van der Waals surface area (Å²) in [4.78, 5) is 20.5. The minimum atomic E-state index is -0.367. The van der Waals surface area contributed by atoms with Gasteiger partial charge in [0.25, 0.3) is 0 Å². The zero-order valence-corrected chi connectivity index (χ0v) is 15.9. The van der Waals surface area contributed by atoms with Crippen LogP contribution in [0.15, 0.2) is 48.9 Å². The highest BCUT2D eigenvalue weighted by molar-refractivity contribution is 5.76. The molecule has 0 saturated carbocycles. The monoisotopic (exact) mass is 377 g/mol. The molecule has 2 fully saturated rings. The van der Waals surface area contributed by atoms with E-state index >= 15 is 0 Å². The second-order valence-corrected chi connectivity index (χ2v) is 7.88. The van der Waals surface area contributed by atoms with Gasteiger partial charge >= 0.3 is 6.09 Å². The van der Waals surface area contributed by atoms with E-state index in [4.69, 9.17) is 4.74 Å². The number of ether oxygens (including phenoxy) is 1. The molecule has 0 N–H and O–H groups in total. The Morgan fingerprint density at radius 1 is 1.18 bits per heavy atom. The molecule has 1 amide bonds. The third-order valence-electron chi connectivity index (χ3n) is 5.66. The van der Waals surface area contributed by atoms with E-state index in [0.29, 0.717) is 6.54 Å². The van der Waals surface area contributed by atoms with Gasteiger partial charge in [-0.2, -0.15) is 5.10 Å². The smallest absolute Gasteiger partial charge is 0.410 e. The molecule has 0 bridgehead atoms. The number of nitrogens with zero attached hydrogens (tertiary/aromatic N) is 5. The van der Waals surface area contributed by atoms with Crippen molar-refractivity contribution in [1.29, 1.82) is 0 Å². The van der Waals surface area contributed by atoms with Crippen LogP contribution >= 0.6 is 0 Å². The number of fused-ring (bicyclic) bond motifs is 1. The number of piperidine rings is 1. The summed E-state index contributed by atoms with van der Waals surface area (Å²) in [5.41, 5.74) is 3.74. The van der Waals surface area contributed by atoms with Gasteiger partial charge < -0.3 is 9.64 Å². The van der Waals surface area contributed by atoms with Gasteiger partial charge in [0.05, 0.1) is 12.7 Å². The maximum absolute atomic E-state index is 11.8. The summed E-state index contributed by atoms with van der Waals surface area (Å²) in [5.74, 6) is 0. The van der Waals surface area contributed by atoms with Crippen molar-refractivity contribution < 1.29 is 9.53 Å². The molecule has 0 radical (unpaired) electrons. The molecule has 2 aromatic heterocycles. The first-order chi connectivity index (χ1) is 13.6. The molecule has 1 aromatic carbocycles. The van der Waals surface area contributed by atoms with Crippen molar-refractivity contribution in [2.24, 2.45) is 0 Å². The largest absolute Gasteiger partial charge is 0.440 e. The fraction of sp³-hybridized carbons (Fsp3) is 0.381. The van der Waals surface area contributed by atoms with Crippen LogP contribution < -0.4 is 0 Å². The molecule has 2 aliphatic heterocycles. The average Bonchev–Trinajstić information content (AvgIpc) is 3.23. The summed E-state index contributed by atoms with van der Waals surface area (Å²) < 4.78 is 7.55. The number of hydrogen-bond donors (Lipinski definition) is 0. The SMILES string of the molecule is CN1C[C@@]2(CCCN(Cc3cnc4c(-c5ccccc5)cnn4c3)C2)OC1=O. The van der Waals surface area contributed by atoms with Crippen LogP contribution in [0.3, 0.4) is 0 Å². The van der Waals surface area contributed by atoms with Crippen LogP contribution in [-0.4, -0.2) is 62.8 Å². The Bertz CT molecular complexity index is 1020. The molecular weight excluding hydrogens is 354 g/mol. The van der Waals surface area contributed by atoms with Gasteiger partial charge in [-0.15, -0.1) is 0 Å². The van der Waals surface area contributed by atoms with Crippen LogP contribution in [0.5, 0.6) is 0 Å². The van der Waals surface area contributed by atoms with E-state index in [1.54, 1.807) is 11.9 Å². The highest BCUT2D eigenvalue weighted by atomic mass is 16.6. The minimum absolute atomic E-state index is 0.213. The third-order valence-corrected chi connectivity index (χ3v) is 5.66. The molecule has 7 nitrogen and oxygen atoms in total. The van der Waals surface area contributed by atoms with Crippen molar-refractivity contribution in [3.63, 3.8) is 0 Å². The van der Waals surface area contributed by atoms with Gasteiger partial charge in [-0.25, -0.2) is 14.3 Å². The van der Waals surface area contributed by atoms with Crippen LogP contribution in [0.2, 0.25) is 0 Å². The van der Waals surface area contributed by atoms with Crippen molar-refractivity contribution >= 4 is 11.7 Å². The van der Waals surface area contributed by atoms with Crippen molar-refractivity contribution in [2.45, 2.75) is 25.0 Å². The van der Waals surface area contributed by atoms with E-state index in [2.05, 4.69) is 27.1 Å². The molecule has 0 aliphatic carbocycles. The van der Waals surface area contributed by atoms with Crippen LogP contribution in [0.4, 0.5) is 4.79 Å². The van der Waals surface area contributed by atoms with Gasteiger partial charge in [-0.3, -0.25) is 4.90 Å². The lowest BCUT2D eigenvalue weighted by atomic mass is 9.92. The maximum Gasteiger partial charge on any atom is 0.410 e. The second-order valence-electron chi connectivity index (χ2n) is 7.88. The number of likely N-dealkylation sites (N-methyl/N-ethyl adjacent to an activating group) is 1. The molecule has 1 spiro atoms. The van der Waals surface area contributed by atoms with E-state index in [0.717, 1.165) is 54.8 Å². The molecule has 2 saturated heterocycles. The summed E-state index contributed by atoms with van der Waals surface area (Å²) in [6.45, 7) is 3.19. The Morgan fingerprint density at radius 3 is 2.82 bits per heavy atom. The highest BCUT2D eigenvalue weighted by Crippen LogP contribution is 2.32. The van der Waals surface area contributed by atoms with Gasteiger partial charge in [0.2, 0.25) is 0 Å². The standard InChI is InChI=1S/C21H23N5O2/c1-24-14-21(28-20(24)27)8-5-9-25(15-21)12-16-10-22-19-18(11-23-26(19)13-16)17-6-3-2-4-7-17/h2-4,6-7,10-11,13H,5,8-9,12,14-15H2,1H3/t21-/m1/s1. The van der Waals surface area contributed by atoms with Crippen molar-refractivity contribution in [1.82, 2.24) is 24.4 Å². The van der Waals surface area contributed by atoms with Gasteiger partial charge in [0.1, 0.15) is 5.60 Å². The van der Waals surface area contributed by atoms with Gasteiger partial charge in [-0.05, 0) is 24.9 Å². The fourth-order valence-electron chi connectivity index (χ4n) is 4.40. The summed E-state index contributed by atoms with van der Waals surface area (Å²) in [6, 6.07) is 10.2. The Balaban J connectivity index is 1.35. The average molecular weight is 377 g/mol. The van der Waals surface area contributed by atoms with E-state index in [9.17, 15) is 4.79 Å². The third kappa shape index (κ3) is 3.01. The summed E-state index contributed by atoms with van der Waals surface area (Å²) in [6.07, 6.45) is 7.58. The molecule has 28 heavy (non-hydrogen) atoms. The minimum Gasteiger partial charge on any atom is -0.440 e. The van der Waals surface area contributed by atoms with E-state index in [1.807, 2.05) is 41.3 Å². The number of likely N-dealkylation sites (tertiary alicyclic amines) is 1. The zero-order chi connectivity index (χ0) is 19.1. The zero-order valence-electron chi connectivity index (χ0n) is 15.9. The topological polar surface area (TPSA) is 63.0 Å². The maximum atomic E-state index is 11.8. The van der Waals surface area contributed by atoms with Crippen molar-refractivity contribution in [2.75, 3.05) is 26.7 Å². The Kier molecular flexibility index (Phi) is 4.05. The first-order valence-corrected chi connectivity index (χ1v) is 9.66. The molecule has 2 aliphatic rings. The molecule has 4 heterocycles. The van der Waals surface area contributed by atoms with E-state index in [1.165, 1.54) is 0 Å². The number of hydrogen-bond acceptors (Lipinski definition) is 5. The second kappa shape index (κ2) is 6.60. The number of amides is 1. The Labute approximate surface area is 163 Å². The Morgan fingerprint density at radius 2 is 2.04 bits per heavy atom. The highest BCUT2D eigenvalue weighted by Gasteiger charge is 2.46. The van der Waals surface area contributed by atoms with Crippen molar-refractivity contribution in [3.8, 4) is 11.1 Å². The van der Waals surface area contributed by atoms with Crippen LogP contribution in [-0.2, 0) is 11.3 Å². The van der Waals surface area contributed by atoms with Crippen LogP contribution in [0.1, 0.15) is 18.4 Å². The van der Waals surface area contributed by atoms with Crippen LogP contribution in [0.25, 0.3) is 16.8 Å². The van der Waals surface area contributed by atoms with Gasteiger partial charge in [-0.1, -0.05) is 30.3 Å². The molecular formula is C21H23N5O2. The van der Waals surface area contributed by atoms with Gasteiger partial charge in [0, 0.05) is 43.7 Å². The van der Waals surface area contributed by atoms with E-state index < -0.39 is 0 Å². The lowest BCUT2D eigenvalue weighted by Gasteiger charge is -2.38. The number of carbonyl (C=O) groups excluding carboxylic acids is 1. The van der Waals surface area contributed by atoms with Gasteiger partial charge in [0.15, 0.2) is 5.65 Å². The quantitative estimate of drug-likeness (QED) is 0.702. The summed E-state index contributed by atoms with van der Waals surface area (Å²) >= 11 is 0. The molecule has 1 atom stereocenters. The number of carbonyl (C=O) groups is 1. The van der Waals surface area contributed by atoms with Crippen molar-refractivity contribution in [3.05, 3.63) is 54.5 Å². The molecule has 3 aromatic rings. The number of benzene rings is 1. The first kappa shape index (κ1) is 17.2. The first-order valence-electron chi connectivity index (χ1n) is 9.66. The summed E-state index contributed by atoms with van der Waals surface area (Å²) in [7, 11) is 1.80. The Hall–Kier alpha value is -2.93. The molecule has 5 rings (SSSR count). The summed E-state index contributed by atoms with van der Waals surface area (Å²) in [5, 5.41) is 4.50. The lowest BCUT2D eigenvalue weighted by Crippen LogP contribution is -2.50.